The Morgan fingerprint density at radius 2 is 1.84 bits per heavy atom. The Morgan fingerprint density at radius 3 is 2.47 bits per heavy atom. The summed E-state index contributed by atoms with van der Waals surface area (Å²) in [6.45, 7) is 6.56. The lowest BCUT2D eigenvalue weighted by molar-refractivity contribution is 0.500. The van der Waals surface area contributed by atoms with E-state index < -0.39 is 0 Å². The zero-order valence-corrected chi connectivity index (χ0v) is 13.2. The highest BCUT2D eigenvalue weighted by Gasteiger charge is 2.14. The van der Waals surface area contributed by atoms with Crippen molar-refractivity contribution in [2.75, 3.05) is 0 Å². The minimum Gasteiger partial charge on any atom is -0.303 e. The predicted octanol–water partition coefficient (Wildman–Crippen LogP) is 5.38. The molecule has 0 aliphatic carbocycles. The average molecular weight is 294 g/mol. The molecular weight excluding hydrogens is 274 g/mol. The molecule has 0 spiro atoms. The van der Waals surface area contributed by atoms with E-state index in [9.17, 15) is 0 Å². The largest absolute Gasteiger partial charge is 0.303 e. The van der Waals surface area contributed by atoms with Crippen LogP contribution in [0.2, 0.25) is 5.02 Å². The third-order valence-corrected chi connectivity index (χ3v) is 5.09. The van der Waals surface area contributed by atoms with Gasteiger partial charge in [0.05, 0.1) is 0 Å². The number of benzene rings is 1. The summed E-state index contributed by atoms with van der Waals surface area (Å²) >= 11 is 8.12. The van der Waals surface area contributed by atoms with Gasteiger partial charge >= 0.3 is 0 Å². The van der Waals surface area contributed by atoms with E-state index in [-0.39, 0.29) is 6.04 Å². The summed E-state index contributed by atoms with van der Waals surface area (Å²) in [5, 5.41) is 4.45. The van der Waals surface area contributed by atoms with Gasteiger partial charge in [0, 0.05) is 26.9 Å². The number of hydrogen-bond acceptors (Lipinski definition) is 2. The van der Waals surface area contributed by atoms with Gasteiger partial charge in [-0.25, -0.2) is 0 Å². The molecule has 19 heavy (non-hydrogen) atoms. The average Bonchev–Trinajstić information content (AvgIpc) is 2.88. The number of aryl methyl sites for hydroxylation is 1. The Kier molecular flexibility index (Phi) is 5.03. The highest BCUT2D eigenvalue weighted by atomic mass is 35.5. The van der Waals surface area contributed by atoms with Gasteiger partial charge in [-0.05, 0) is 44.0 Å². The SMILES string of the molecule is CCc1ccc(C(C)NC(C)c2ccccc2Cl)s1. The quantitative estimate of drug-likeness (QED) is 0.781. The van der Waals surface area contributed by atoms with Gasteiger partial charge in [0.15, 0.2) is 0 Å². The molecule has 0 aliphatic heterocycles. The first-order chi connectivity index (χ1) is 9.11. The third-order valence-electron chi connectivity index (χ3n) is 3.33. The molecule has 0 fully saturated rings. The first-order valence-corrected chi connectivity index (χ1v) is 7.90. The van der Waals surface area contributed by atoms with Crippen LogP contribution in [0.25, 0.3) is 0 Å². The molecule has 2 rings (SSSR count). The van der Waals surface area contributed by atoms with Crippen molar-refractivity contribution in [1.82, 2.24) is 5.32 Å². The van der Waals surface area contributed by atoms with Gasteiger partial charge in [-0.1, -0.05) is 36.7 Å². The molecule has 2 atom stereocenters. The summed E-state index contributed by atoms with van der Waals surface area (Å²) in [6, 6.07) is 13.1. The number of thiophene rings is 1. The van der Waals surface area contributed by atoms with Gasteiger partial charge in [-0.15, -0.1) is 11.3 Å². The van der Waals surface area contributed by atoms with Crippen LogP contribution in [0.15, 0.2) is 36.4 Å². The van der Waals surface area contributed by atoms with E-state index in [0.717, 1.165) is 17.0 Å². The van der Waals surface area contributed by atoms with Crippen LogP contribution in [0.4, 0.5) is 0 Å². The van der Waals surface area contributed by atoms with Crippen molar-refractivity contribution in [2.45, 2.75) is 39.3 Å². The van der Waals surface area contributed by atoms with E-state index >= 15 is 0 Å². The van der Waals surface area contributed by atoms with Gasteiger partial charge in [-0.2, -0.15) is 0 Å². The van der Waals surface area contributed by atoms with Crippen molar-refractivity contribution >= 4 is 22.9 Å². The second-order valence-corrected chi connectivity index (χ2v) is 6.40. The van der Waals surface area contributed by atoms with Crippen molar-refractivity contribution in [1.29, 1.82) is 0 Å². The highest BCUT2D eigenvalue weighted by molar-refractivity contribution is 7.12. The van der Waals surface area contributed by atoms with Crippen LogP contribution in [0.3, 0.4) is 0 Å². The molecule has 2 aromatic rings. The van der Waals surface area contributed by atoms with Gasteiger partial charge in [0.2, 0.25) is 0 Å². The summed E-state index contributed by atoms with van der Waals surface area (Å²) in [6.07, 6.45) is 1.11. The Bertz CT molecular complexity index is 535. The summed E-state index contributed by atoms with van der Waals surface area (Å²) < 4.78 is 0. The van der Waals surface area contributed by atoms with Gasteiger partial charge in [-0.3, -0.25) is 0 Å². The molecule has 1 nitrogen and oxygen atoms in total. The monoisotopic (exact) mass is 293 g/mol. The molecule has 2 unspecified atom stereocenters. The minimum absolute atomic E-state index is 0.246. The lowest BCUT2D eigenvalue weighted by Crippen LogP contribution is -2.22. The van der Waals surface area contributed by atoms with Crippen molar-refractivity contribution in [2.24, 2.45) is 0 Å². The molecule has 1 N–H and O–H groups in total. The summed E-state index contributed by atoms with van der Waals surface area (Å²) in [4.78, 5) is 2.82. The van der Waals surface area contributed by atoms with Gasteiger partial charge in [0.1, 0.15) is 0 Å². The molecule has 0 saturated carbocycles. The number of nitrogens with one attached hydrogen (secondary N) is 1. The lowest BCUT2D eigenvalue weighted by atomic mass is 10.1. The van der Waals surface area contributed by atoms with E-state index in [1.807, 2.05) is 29.5 Å². The fourth-order valence-electron chi connectivity index (χ4n) is 2.19. The molecule has 0 radical (unpaired) electrons. The molecular formula is C16H20ClNS. The van der Waals surface area contributed by atoms with Crippen molar-refractivity contribution in [3.05, 3.63) is 56.7 Å². The highest BCUT2D eigenvalue weighted by Crippen LogP contribution is 2.28. The maximum absolute atomic E-state index is 6.24. The maximum Gasteiger partial charge on any atom is 0.0453 e. The molecule has 0 amide bonds. The normalized spacial score (nSPS) is 14.3. The first kappa shape index (κ1) is 14.6. The molecule has 102 valence electrons. The molecule has 0 aliphatic rings. The van der Waals surface area contributed by atoms with Crippen molar-refractivity contribution in [3.8, 4) is 0 Å². The Morgan fingerprint density at radius 1 is 1.11 bits per heavy atom. The van der Waals surface area contributed by atoms with E-state index in [1.165, 1.54) is 9.75 Å². The van der Waals surface area contributed by atoms with E-state index in [1.54, 1.807) is 0 Å². The van der Waals surface area contributed by atoms with Crippen molar-refractivity contribution in [3.63, 3.8) is 0 Å². The number of hydrogen-bond donors (Lipinski definition) is 1. The standard InChI is InChI=1S/C16H20ClNS/c1-4-13-9-10-16(19-13)12(3)18-11(2)14-7-5-6-8-15(14)17/h5-12,18H,4H2,1-3H3. The van der Waals surface area contributed by atoms with Crippen molar-refractivity contribution < 1.29 is 0 Å². The number of rotatable bonds is 5. The first-order valence-electron chi connectivity index (χ1n) is 6.71. The molecule has 1 heterocycles. The Hall–Kier alpha value is -0.830. The second kappa shape index (κ2) is 6.56. The van der Waals surface area contributed by atoms with Crippen LogP contribution in [0.1, 0.15) is 48.2 Å². The van der Waals surface area contributed by atoms with Crippen LogP contribution >= 0.6 is 22.9 Å². The smallest absolute Gasteiger partial charge is 0.0453 e. The fraction of sp³-hybridized carbons (Fsp3) is 0.375. The van der Waals surface area contributed by atoms with Gasteiger partial charge < -0.3 is 5.32 Å². The van der Waals surface area contributed by atoms with E-state index in [0.29, 0.717) is 6.04 Å². The van der Waals surface area contributed by atoms with Gasteiger partial charge in [0.25, 0.3) is 0 Å². The topological polar surface area (TPSA) is 12.0 Å². The zero-order valence-electron chi connectivity index (χ0n) is 11.6. The summed E-state index contributed by atoms with van der Waals surface area (Å²) in [5.41, 5.74) is 1.16. The van der Waals surface area contributed by atoms with E-state index in [4.69, 9.17) is 11.6 Å². The minimum atomic E-state index is 0.246. The maximum atomic E-state index is 6.24. The molecule has 1 aromatic carbocycles. The third kappa shape index (κ3) is 3.59. The van der Waals surface area contributed by atoms with Crippen LogP contribution in [-0.2, 0) is 6.42 Å². The second-order valence-electron chi connectivity index (χ2n) is 4.79. The van der Waals surface area contributed by atoms with Crippen LogP contribution in [-0.4, -0.2) is 0 Å². The molecule has 0 saturated heterocycles. The summed E-state index contributed by atoms with van der Waals surface area (Å²) in [5.74, 6) is 0. The molecule has 3 heteroatoms. The van der Waals surface area contributed by atoms with E-state index in [2.05, 4.69) is 44.3 Å². The van der Waals surface area contributed by atoms with Crippen LogP contribution in [0.5, 0.6) is 0 Å². The molecule has 1 aromatic heterocycles. The summed E-state index contributed by atoms with van der Waals surface area (Å²) in [7, 11) is 0. The van der Waals surface area contributed by atoms with Crippen LogP contribution in [0, 0.1) is 0 Å². The predicted molar refractivity (Wildman–Crippen MR) is 85.1 cm³/mol. The Balaban J connectivity index is 2.06. The zero-order chi connectivity index (χ0) is 13.8. The fourth-order valence-corrected chi connectivity index (χ4v) is 3.45. The lowest BCUT2D eigenvalue weighted by Gasteiger charge is -2.20. The number of halogens is 1. The molecule has 0 bridgehead atoms. The van der Waals surface area contributed by atoms with Crippen LogP contribution < -0.4 is 5.32 Å². The Labute approximate surface area is 124 Å².